The van der Waals surface area contributed by atoms with E-state index in [1.807, 2.05) is 31.1 Å². The van der Waals surface area contributed by atoms with Crippen molar-refractivity contribution in [3.05, 3.63) is 18.3 Å². The molecule has 9 nitrogen and oxygen atoms in total. The van der Waals surface area contributed by atoms with Crippen LogP contribution in [-0.2, 0) is 0 Å². The first-order chi connectivity index (χ1) is 12.1. The number of rotatable bonds is 6. The van der Waals surface area contributed by atoms with Crippen molar-refractivity contribution in [3.63, 3.8) is 0 Å². The van der Waals surface area contributed by atoms with Crippen LogP contribution in [0.5, 0.6) is 11.9 Å². The maximum Gasteiger partial charge on any atom is 0.321 e. The van der Waals surface area contributed by atoms with Crippen molar-refractivity contribution < 1.29 is 9.47 Å². The first kappa shape index (κ1) is 17.0. The molecule has 0 spiro atoms. The first-order valence-corrected chi connectivity index (χ1v) is 8.08. The van der Waals surface area contributed by atoms with Gasteiger partial charge in [-0.15, -0.1) is 0 Å². The van der Waals surface area contributed by atoms with Crippen LogP contribution in [0.4, 0.5) is 17.6 Å². The predicted molar refractivity (Wildman–Crippen MR) is 95.7 cm³/mol. The minimum Gasteiger partial charge on any atom is -0.481 e. The minimum absolute atomic E-state index is 0.275. The number of hydrogen-bond donors (Lipinski definition) is 1. The Morgan fingerprint density at radius 3 is 2.76 bits per heavy atom. The van der Waals surface area contributed by atoms with Gasteiger partial charge in [-0.05, 0) is 12.5 Å². The zero-order chi connectivity index (χ0) is 17.8. The van der Waals surface area contributed by atoms with E-state index in [-0.39, 0.29) is 6.04 Å². The highest BCUT2D eigenvalue weighted by atomic mass is 16.5. The molecule has 1 atom stereocenters. The van der Waals surface area contributed by atoms with Crippen LogP contribution >= 0.6 is 0 Å². The van der Waals surface area contributed by atoms with Crippen molar-refractivity contribution in [1.82, 2.24) is 19.9 Å². The van der Waals surface area contributed by atoms with E-state index in [0.29, 0.717) is 17.8 Å². The van der Waals surface area contributed by atoms with Crippen LogP contribution in [0, 0.1) is 0 Å². The summed E-state index contributed by atoms with van der Waals surface area (Å²) in [7, 11) is 6.97. The normalized spacial score (nSPS) is 16.6. The Hall–Kier alpha value is -2.84. The SMILES string of the molecule is COc1cc(N2CCC(Nc3ccnc(N(C)C)n3)C2)nc(OC)n1. The van der Waals surface area contributed by atoms with Crippen molar-refractivity contribution in [2.24, 2.45) is 0 Å². The third kappa shape index (κ3) is 3.98. The molecule has 25 heavy (non-hydrogen) atoms. The number of anilines is 3. The molecule has 0 radical (unpaired) electrons. The molecule has 3 rings (SSSR count). The van der Waals surface area contributed by atoms with E-state index in [4.69, 9.17) is 9.47 Å². The van der Waals surface area contributed by atoms with Crippen molar-refractivity contribution in [2.75, 3.05) is 56.5 Å². The second-order valence-electron chi connectivity index (χ2n) is 5.97. The lowest BCUT2D eigenvalue weighted by Crippen LogP contribution is -2.27. The van der Waals surface area contributed by atoms with Gasteiger partial charge < -0.3 is 24.6 Å². The minimum atomic E-state index is 0.275. The molecule has 1 aliphatic heterocycles. The van der Waals surface area contributed by atoms with Gasteiger partial charge in [0, 0.05) is 45.5 Å². The summed E-state index contributed by atoms with van der Waals surface area (Å²) in [5, 5.41) is 3.47. The quantitative estimate of drug-likeness (QED) is 0.825. The highest BCUT2D eigenvalue weighted by Gasteiger charge is 2.25. The molecule has 1 fully saturated rings. The lowest BCUT2D eigenvalue weighted by Gasteiger charge is -2.19. The summed E-state index contributed by atoms with van der Waals surface area (Å²) in [6.07, 6.45) is 2.74. The van der Waals surface area contributed by atoms with Gasteiger partial charge in [0.1, 0.15) is 11.6 Å². The summed E-state index contributed by atoms with van der Waals surface area (Å²) in [5.41, 5.74) is 0. The van der Waals surface area contributed by atoms with Gasteiger partial charge in [0.05, 0.1) is 14.2 Å². The van der Waals surface area contributed by atoms with Crippen molar-refractivity contribution in [1.29, 1.82) is 0 Å². The average Bonchev–Trinajstić information content (AvgIpc) is 3.10. The predicted octanol–water partition coefficient (Wildman–Crippen LogP) is 1.04. The Kier molecular flexibility index (Phi) is 5.01. The molecular weight excluding hydrogens is 322 g/mol. The van der Waals surface area contributed by atoms with Crippen LogP contribution in [-0.4, -0.2) is 67.4 Å². The number of aromatic nitrogens is 4. The van der Waals surface area contributed by atoms with Crippen molar-refractivity contribution >= 4 is 17.6 Å². The highest BCUT2D eigenvalue weighted by Crippen LogP contribution is 2.25. The zero-order valence-corrected chi connectivity index (χ0v) is 14.9. The molecule has 0 aromatic carbocycles. The average molecular weight is 345 g/mol. The Morgan fingerprint density at radius 1 is 1.20 bits per heavy atom. The number of nitrogens with one attached hydrogen (secondary N) is 1. The molecule has 1 saturated heterocycles. The maximum atomic E-state index is 5.22. The fourth-order valence-corrected chi connectivity index (χ4v) is 2.69. The van der Waals surface area contributed by atoms with Gasteiger partial charge in [-0.2, -0.15) is 15.0 Å². The van der Waals surface area contributed by atoms with Crippen LogP contribution in [0.25, 0.3) is 0 Å². The van der Waals surface area contributed by atoms with Gasteiger partial charge in [-0.25, -0.2) is 4.98 Å². The van der Waals surface area contributed by atoms with E-state index < -0.39 is 0 Å². The van der Waals surface area contributed by atoms with E-state index in [1.54, 1.807) is 20.4 Å². The fraction of sp³-hybridized carbons (Fsp3) is 0.500. The standard InChI is InChI=1S/C16H23N7O2/c1-22(2)15-17-7-5-12(19-15)18-11-6-8-23(10-11)13-9-14(24-3)21-16(20-13)25-4/h5,7,9,11H,6,8,10H2,1-4H3,(H,17,18,19). The fourth-order valence-electron chi connectivity index (χ4n) is 2.69. The zero-order valence-electron chi connectivity index (χ0n) is 14.9. The summed E-state index contributed by atoms with van der Waals surface area (Å²) in [5.74, 6) is 2.79. The molecule has 134 valence electrons. The van der Waals surface area contributed by atoms with Crippen LogP contribution in [0.2, 0.25) is 0 Å². The smallest absolute Gasteiger partial charge is 0.321 e. The topological polar surface area (TPSA) is 88.5 Å². The summed E-state index contributed by atoms with van der Waals surface area (Å²) < 4.78 is 10.4. The number of methoxy groups -OCH3 is 2. The van der Waals surface area contributed by atoms with Gasteiger partial charge in [0.15, 0.2) is 0 Å². The van der Waals surface area contributed by atoms with E-state index in [9.17, 15) is 0 Å². The molecule has 1 N–H and O–H groups in total. The summed E-state index contributed by atoms with van der Waals surface area (Å²) >= 11 is 0. The second-order valence-corrected chi connectivity index (χ2v) is 5.97. The molecule has 0 saturated carbocycles. The molecule has 2 aromatic heterocycles. The second kappa shape index (κ2) is 7.37. The summed E-state index contributed by atoms with van der Waals surface area (Å²) in [6, 6.07) is 4.28. The third-order valence-electron chi connectivity index (χ3n) is 3.97. The Labute approximate surface area is 147 Å². The number of hydrogen-bond acceptors (Lipinski definition) is 9. The van der Waals surface area contributed by atoms with E-state index in [1.165, 1.54) is 0 Å². The molecule has 1 unspecified atom stereocenters. The molecule has 3 heterocycles. The van der Waals surface area contributed by atoms with Crippen molar-refractivity contribution in [3.8, 4) is 11.9 Å². The van der Waals surface area contributed by atoms with Crippen molar-refractivity contribution in [2.45, 2.75) is 12.5 Å². The highest BCUT2D eigenvalue weighted by molar-refractivity contribution is 5.47. The van der Waals surface area contributed by atoms with Crippen LogP contribution in [0.3, 0.4) is 0 Å². The Bertz CT molecular complexity index is 703. The van der Waals surface area contributed by atoms with Gasteiger partial charge in [-0.3, -0.25) is 0 Å². The van der Waals surface area contributed by atoms with Crippen LogP contribution in [0.1, 0.15) is 6.42 Å². The monoisotopic (exact) mass is 345 g/mol. The third-order valence-corrected chi connectivity index (χ3v) is 3.97. The molecule has 0 bridgehead atoms. The summed E-state index contributed by atoms with van der Waals surface area (Å²) in [6.45, 7) is 1.69. The number of ether oxygens (including phenoxy) is 2. The Balaban J connectivity index is 1.69. The van der Waals surface area contributed by atoms with Gasteiger partial charge in [0.2, 0.25) is 11.8 Å². The molecular formula is C16H23N7O2. The van der Waals surface area contributed by atoms with Gasteiger partial charge in [0.25, 0.3) is 0 Å². The number of nitrogens with zero attached hydrogens (tertiary/aromatic N) is 6. The molecule has 0 aliphatic carbocycles. The van der Waals surface area contributed by atoms with Gasteiger partial charge >= 0.3 is 6.01 Å². The molecule has 1 aliphatic rings. The molecule has 9 heteroatoms. The van der Waals surface area contributed by atoms with Crippen LogP contribution in [0.15, 0.2) is 18.3 Å². The lowest BCUT2D eigenvalue weighted by atomic mass is 10.2. The van der Waals surface area contributed by atoms with E-state index in [2.05, 4.69) is 30.2 Å². The summed E-state index contributed by atoms with van der Waals surface area (Å²) in [4.78, 5) is 21.3. The van der Waals surface area contributed by atoms with Crippen LogP contribution < -0.4 is 24.6 Å². The lowest BCUT2D eigenvalue weighted by molar-refractivity contribution is 0.352. The van der Waals surface area contributed by atoms with Gasteiger partial charge in [-0.1, -0.05) is 0 Å². The molecule has 0 amide bonds. The van der Waals surface area contributed by atoms with E-state index >= 15 is 0 Å². The largest absolute Gasteiger partial charge is 0.481 e. The maximum absolute atomic E-state index is 5.22. The molecule has 2 aromatic rings. The first-order valence-electron chi connectivity index (χ1n) is 8.08. The van der Waals surface area contributed by atoms with E-state index in [0.717, 1.165) is 31.1 Å². The Morgan fingerprint density at radius 2 is 2.04 bits per heavy atom.